The number of carbonyl (C=O) groups is 1. The molecular weight excluding hydrogens is 375 g/mol. The van der Waals surface area contributed by atoms with Crippen molar-refractivity contribution < 1.29 is 17.6 Å². The van der Waals surface area contributed by atoms with Gasteiger partial charge in [-0.15, -0.1) is 11.8 Å². The van der Waals surface area contributed by atoms with E-state index in [0.717, 1.165) is 11.8 Å². The smallest absolute Gasteiger partial charge is 0.234 e. The molecule has 26 heavy (non-hydrogen) atoms. The van der Waals surface area contributed by atoms with E-state index in [1.165, 1.54) is 6.07 Å². The van der Waals surface area contributed by atoms with Crippen molar-refractivity contribution in [3.63, 3.8) is 0 Å². The summed E-state index contributed by atoms with van der Waals surface area (Å²) in [7, 11) is -3.41. The number of halogens is 1. The average molecular weight is 397 g/mol. The largest absolute Gasteiger partial charge is 0.325 e. The molecule has 0 atom stereocenters. The minimum Gasteiger partial charge on any atom is -0.325 e. The van der Waals surface area contributed by atoms with Crippen LogP contribution < -0.4 is 10.0 Å². The Morgan fingerprint density at radius 3 is 2.50 bits per heavy atom. The molecule has 0 heterocycles. The van der Waals surface area contributed by atoms with Crippen LogP contribution >= 0.6 is 11.8 Å². The maximum absolute atomic E-state index is 13.6. The van der Waals surface area contributed by atoms with Crippen LogP contribution in [0, 0.1) is 12.7 Å². The van der Waals surface area contributed by atoms with E-state index in [1.54, 1.807) is 50.2 Å². The van der Waals surface area contributed by atoms with Crippen molar-refractivity contribution >= 4 is 39.1 Å². The maximum atomic E-state index is 13.6. The summed E-state index contributed by atoms with van der Waals surface area (Å²) in [6.45, 7) is 3.51. The second kappa shape index (κ2) is 9.05. The molecule has 0 aliphatic carbocycles. The van der Waals surface area contributed by atoms with Crippen LogP contribution in [0.3, 0.4) is 0 Å². The van der Waals surface area contributed by atoms with Crippen molar-refractivity contribution in [3.05, 3.63) is 53.8 Å². The van der Waals surface area contributed by atoms with Crippen LogP contribution in [-0.2, 0) is 14.8 Å². The molecule has 2 N–H and O–H groups in total. The molecule has 0 saturated carbocycles. The standard InChI is InChI=1S/C18H21FN2O3S2/c1-3-11-26(23,24)21-16-9-6-8-15(13(16)2)20-18(22)12-25-17-10-5-4-7-14(17)19/h4-10,21H,3,11-12H2,1-2H3,(H,20,22). The molecule has 1 amide bonds. The third-order valence-corrected chi connectivity index (χ3v) is 6.07. The third kappa shape index (κ3) is 5.74. The lowest BCUT2D eigenvalue weighted by molar-refractivity contribution is -0.113. The third-order valence-electron chi connectivity index (χ3n) is 3.54. The number of carbonyl (C=O) groups excluding carboxylic acids is 1. The number of hydrogen-bond acceptors (Lipinski definition) is 4. The highest BCUT2D eigenvalue weighted by Gasteiger charge is 2.14. The number of hydrogen-bond donors (Lipinski definition) is 2. The monoisotopic (exact) mass is 396 g/mol. The van der Waals surface area contributed by atoms with Gasteiger partial charge in [-0.05, 0) is 43.2 Å². The van der Waals surface area contributed by atoms with Crippen LogP contribution in [0.1, 0.15) is 18.9 Å². The zero-order valence-electron chi connectivity index (χ0n) is 14.6. The lowest BCUT2D eigenvalue weighted by Gasteiger charge is -2.14. The average Bonchev–Trinajstić information content (AvgIpc) is 2.57. The van der Waals surface area contributed by atoms with Crippen LogP contribution in [0.5, 0.6) is 0 Å². The van der Waals surface area contributed by atoms with Gasteiger partial charge in [0.25, 0.3) is 0 Å². The van der Waals surface area contributed by atoms with Gasteiger partial charge in [0, 0.05) is 10.6 Å². The Labute approximate surface area is 157 Å². The van der Waals surface area contributed by atoms with E-state index in [4.69, 9.17) is 0 Å². The molecule has 5 nitrogen and oxygen atoms in total. The van der Waals surface area contributed by atoms with Gasteiger partial charge in [0.15, 0.2) is 0 Å². The molecular formula is C18H21FN2O3S2. The number of amides is 1. The van der Waals surface area contributed by atoms with Crippen LogP contribution in [0.4, 0.5) is 15.8 Å². The Hall–Kier alpha value is -2.06. The molecule has 0 bridgehead atoms. The highest BCUT2D eigenvalue weighted by Crippen LogP contribution is 2.26. The fraction of sp³-hybridized carbons (Fsp3) is 0.278. The van der Waals surface area contributed by atoms with Gasteiger partial charge in [0.05, 0.1) is 17.2 Å². The van der Waals surface area contributed by atoms with E-state index < -0.39 is 10.0 Å². The first kappa shape index (κ1) is 20.3. The second-order valence-corrected chi connectivity index (χ2v) is 8.53. The maximum Gasteiger partial charge on any atom is 0.234 e. The van der Waals surface area contributed by atoms with E-state index in [1.807, 2.05) is 0 Å². The van der Waals surface area contributed by atoms with Crippen molar-refractivity contribution in [1.82, 2.24) is 0 Å². The Bertz CT molecular complexity index is 886. The topological polar surface area (TPSA) is 75.3 Å². The fourth-order valence-corrected chi connectivity index (χ4v) is 4.20. The molecule has 0 aliphatic heterocycles. The number of nitrogens with one attached hydrogen (secondary N) is 2. The van der Waals surface area contributed by atoms with Gasteiger partial charge < -0.3 is 5.32 Å². The lowest BCUT2D eigenvalue weighted by atomic mass is 10.1. The first-order valence-electron chi connectivity index (χ1n) is 8.09. The van der Waals surface area contributed by atoms with Crippen molar-refractivity contribution in [2.75, 3.05) is 21.5 Å². The predicted molar refractivity (Wildman–Crippen MR) is 105 cm³/mol. The molecule has 0 spiro atoms. The van der Waals surface area contributed by atoms with Crippen molar-refractivity contribution in [1.29, 1.82) is 0 Å². The summed E-state index contributed by atoms with van der Waals surface area (Å²) in [5.41, 5.74) is 1.57. The Balaban J connectivity index is 2.04. The summed E-state index contributed by atoms with van der Waals surface area (Å²) in [6.07, 6.45) is 0.512. The van der Waals surface area contributed by atoms with Crippen molar-refractivity contribution in [2.45, 2.75) is 25.2 Å². The predicted octanol–water partition coefficient (Wildman–Crippen LogP) is 4.02. The number of sulfonamides is 1. The van der Waals surface area contributed by atoms with Gasteiger partial charge in [0.1, 0.15) is 5.82 Å². The molecule has 2 rings (SSSR count). The molecule has 2 aromatic carbocycles. The van der Waals surface area contributed by atoms with Crippen LogP contribution in [-0.4, -0.2) is 25.8 Å². The van der Waals surface area contributed by atoms with Crippen LogP contribution in [0.15, 0.2) is 47.4 Å². The van der Waals surface area contributed by atoms with Gasteiger partial charge in [-0.2, -0.15) is 0 Å². The first-order chi connectivity index (χ1) is 12.3. The summed E-state index contributed by atoms with van der Waals surface area (Å²) < 4.78 is 40.0. The van der Waals surface area contributed by atoms with Gasteiger partial charge in [0.2, 0.25) is 15.9 Å². The zero-order chi connectivity index (χ0) is 19.2. The summed E-state index contributed by atoms with van der Waals surface area (Å²) in [6, 6.07) is 11.3. The van der Waals surface area contributed by atoms with E-state index in [9.17, 15) is 17.6 Å². The highest BCUT2D eigenvalue weighted by molar-refractivity contribution is 8.00. The molecule has 0 radical (unpaired) electrons. The molecule has 140 valence electrons. The summed E-state index contributed by atoms with van der Waals surface area (Å²) in [5, 5.41) is 2.74. The normalized spacial score (nSPS) is 11.2. The van der Waals surface area contributed by atoms with Crippen molar-refractivity contribution in [3.8, 4) is 0 Å². The van der Waals surface area contributed by atoms with E-state index >= 15 is 0 Å². The number of anilines is 2. The Kier molecular flexibility index (Phi) is 7.05. The minimum absolute atomic E-state index is 0.0301. The highest BCUT2D eigenvalue weighted by atomic mass is 32.2. The molecule has 0 aliphatic rings. The summed E-state index contributed by atoms with van der Waals surface area (Å²) in [5.74, 6) is -0.585. The molecule has 2 aromatic rings. The number of benzene rings is 2. The second-order valence-electron chi connectivity index (χ2n) is 5.67. The van der Waals surface area contributed by atoms with Gasteiger partial charge in [-0.1, -0.05) is 25.1 Å². The quantitative estimate of drug-likeness (QED) is 0.661. The number of thioether (sulfide) groups is 1. The van der Waals surface area contributed by atoms with Gasteiger partial charge in [-0.25, -0.2) is 12.8 Å². The lowest BCUT2D eigenvalue weighted by Crippen LogP contribution is -2.18. The Morgan fingerprint density at radius 1 is 1.12 bits per heavy atom. The van der Waals surface area contributed by atoms with E-state index in [-0.39, 0.29) is 23.2 Å². The first-order valence-corrected chi connectivity index (χ1v) is 10.7. The zero-order valence-corrected chi connectivity index (χ0v) is 16.2. The SMILES string of the molecule is CCCS(=O)(=O)Nc1cccc(NC(=O)CSc2ccccc2F)c1C. The minimum atomic E-state index is -3.41. The van der Waals surface area contributed by atoms with E-state index in [0.29, 0.717) is 28.3 Å². The fourth-order valence-electron chi connectivity index (χ4n) is 2.26. The molecule has 8 heteroatoms. The van der Waals surface area contributed by atoms with Crippen LogP contribution in [0.2, 0.25) is 0 Å². The van der Waals surface area contributed by atoms with Gasteiger partial charge in [-0.3, -0.25) is 9.52 Å². The Morgan fingerprint density at radius 2 is 1.81 bits per heavy atom. The molecule has 0 aromatic heterocycles. The summed E-state index contributed by atoms with van der Waals surface area (Å²) >= 11 is 1.10. The van der Waals surface area contributed by atoms with Gasteiger partial charge >= 0.3 is 0 Å². The van der Waals surface area contributed by atoms with Crippen LogP contribution in [0.25, 0.3) is 0 Å². The molecule has 0 unspecified atom stereocenters. The van der Waals surface area contributed by atoms with E-state index in [2.05, 4.69) is 10.0 Å². The van der Waals surface area contributed by atoms with Crippen molar-refractivity contribution in [2.24, 2.45) is 0 Å². The molecule has 0 fully saturated rings. The number of rotatable bonds is 8. The summed E-state index contributed by atoms with van der Waals surface area (Å²) in [4.78, 5) is 12.6. The molecule has 0 saturated heterocycles.